The standard InChI is InChI=1S/C20H19N5O5/c1-12(13-4-6-14(7-5-13)25(27)28)21-24-20(26)18-11-17(22-23-18)16-9-8-15(29-2)10-19(16)30-3/h4-11H,1-3H3,(H,22,23)(H,24,26). The zero-order valence-corrected chi connectivity index (χ0v) is 16.5. The molecule has 0 saturated heterocycles. The number of nitro groups is 1. The van der Waals surface area contributed by atoms with Crippen LogP contribution in [-0.2, 0) is 0 Å². The summed E-state index contributed by atoms with van der Waals surface area (Å²) >= 11 is 0. The first kappa shape index (κ1) is 20.5. The van der Waals surface area contributed by atoms with Crippen molar-refractivity contribution in [2.75, 3.05) is 14.2 Å². The van der Waals surface area contributed by atoms with Gasteiger partial charge in [-0.25, -0.2) is 5.43 Å². The number of rotatable bonds is 7. The highest BCUT2D eigenvalue weighted by Gasteiger charge is 2.15. The molecule has 2 N–H and O–H groups in total. The molecule has 0 atom stereocenters. The van der Waals surface area contributed by atoms with Gasteiger partial charge < -0.3 is 9.47 Å². The molecule has 10 nitrogen and oxygen atoms in total. The predicted octanol–water partition coefficient (Wildman–Crippen LogP) is 3.16. The Balaban J connectivity index is 1.73. The van der Waals surface area contributed by atoms with E-state index in [9.17, 15) is 14.9 Å². The van der Waals surface area contributed by atoms with Gasteiger partial charge in [0, 0.05) is 23.8 Å². The number of aromatic nitrogens is 2. The molecule has 0 spiro atoms. The lowest BCUT2D eigenvalue weighted by molar-refractivity contribution is -0.384. The molecule has 10 heteroatoms. The Bertz CT molecular complexity index is 1110. The zero-order chi connectivity index (χ0) is 21.7. The molecule has 30 heavy (non-hydrogen) atoms. The summed E-state index contributed by atoms with van der Waals surface area (Å²) in [5.74, 6) is 0.711. The lowest BCUT2D eigenvalue weighted by atomic mass is 10.1. The van der Waals surface area contributed by atoms with E-state index in [-0.39, 0.29) is 11.4 Å². The van der Waals surface area contributed by atoms with Gasteiger partial charge in [0.05, 0.1) is 30.5 Å². The summed E-state index contributed by atoms with van der Waals surface area (Å²) in [5.41, 5.74) is 4.99. The van der Waals surface area contributed by atoms with Gasteiger partial charge in [-0.2, -0.15) is 10.2 Å². The quantitative estimate of drug-likeness (QED) is 0.350. The predicted molar refractivity (Wildman–Crippen MR) is 110 cm³/mol. The van der Waals surface area contributed by atoms with Gasteiger partial charge in [-0.3, -0.25) is 20.0 Å². The number of nitrogens with zero attached hydrogens (tertiary/aromatic N) is 3. The van der Waals surface area contributed by atoms with E-state index in [1.54, 1.807) is 50.4 Å². The summed E-state index contributed by atoms with van der Waals surface area (Å²) < 4.78 is 10.5. The monoisotopic (exact) mass is 409 g/mol. The summed E-state index contributed by atoms with van der Waals surface area (Å²) in [7, 11) is 3.10. The molecule has 0 bridgehead atoms. The number of carbonyl (C=O) groups excluding carboxylic acids is 1. The lowest BCUT2D eigenvalue weighted by Crippen LogP contribution is -2.19. The van der Waals surface area contributed by atoms with Crippen molar-refractivity contribution in [2.24, 2.45) is 5.10 Å². The molecule has 0 radical (unpaired) electrons. The maximum atomic E-state index is 12.4. The molecule has 2 aromatic carbocycles. The summed E-state index contributed by atoms with van der Waals surface area (Å²) in [5, 5.41) is 21.6. The Morgan fingerprint density at radius 2 is 1.87 bits per heavy atom. The van der Waals surface area contributed by atoms with Gasteiger partial charge in [0.2, 0.25) is 0 Å². The highest BCUT2D eigenvalue weighted by atomic mass is 16.6. The molecule has 3 aromatic rings. The van der Waals surface area contributed by atoms with Crippen molar-refractivity contribution in [2.45, 2.75) is 6.92 Å². The number of nitro benzene ring substituents is 1. The van der Waals surface area contributed by atoms with Crippen molar-refractivity contribution in [1.29, 1.82) is 0 Å². The Morgan fingerprint density at radius 3 is 2.50 bits per heavy atom. The first-order chi connectivity index (χ1) is 14.4. The third-order valence-corrected chi connectivity index (χ3v) is 4.33. The van der Waals surface area contributed by atoms with Crippen molar-refractivity contribution in [3.8, 4) is 22.8 Å². The largest absolute Gasteiger partial charge is 0.497 e. The van der Waals surface area contributed by atoms with Crippen molar-refractivity contribution in [3.63, 3.8) is 0 Å². The zero-order valence-electron chi connectivity index (χ0n) is 16.5. The van der Waals surface area contributed by atoms with Crippen LogP contribution in [0, 0.1) is 10.1 Å². The average Bonchev–Trinajstić information content (AvgIpc) is 3.26. The van der Waals surface area contributed by atoms with Crippen molar-refractivity contribution in [3.05, 3.63) is 69.9 Å². The molecule has 154 valence electrons. The van der Waals surface area contributed by atoms with Crippen LogP contribution in [0.25, 0.3) is 11.3 Å². The second-order valence-corrected chi connectivity index (χ2v) is 6.18. The molecule has 0 saturated carbocycles. The molecule has 0 unspecified atom stereocenters. The first-order valence-electron chi connectivity index (χ1n) is 8.80. The fourth-order valence-corrected chi connectivity index (χ4v) is 2.67. The van der Waals surface area contributed by atoms with Crippen molar-refractivity contribution >= 4 is 17.3 Å². The van der Waals surface area contributed by atoms with Gasteiger partial charge in [-0.1, -0.05) is 0 Å². The van der Waals surface area contributed by atoms with E-state index in [2.05, 4.69) is 20.7 Å². The minimum Gasteiger partial charge on any atom is -0.497 e. The van der Waals surface area contributed by atoms with E-state index in [1.165, 1.54) is 19.2 Å². The molecule has 0 fully saturated rings. The fourth-order valence-electron chi connectivity index (χ4n) is 2.67. The highest BCUT2D eigenvalue weighted by Crippen LogP contribution is 2.32. The van der Waals surface area contributed by atoms with E-state index in [0.29, 0.717) is 34.0 Å². The maximum absolute atomic E-state index is 12.4. The van der Waals surface area contributed by atoms with Crippen LogP contribution in [0.4, 0.5) is 5.69 Å². The number of benzene rings is 2. The minimum absolute atomic E-state index is 0.0189. The van der Waals surface area contributed by atoms with Crippen LogP contribution in [0.3, 0.4) is 0 Å². The third kappa shape index (κ3) is 4.43. The second-order valence-electron chi connectivity index (χ2n) is 6.18. The Labute approximate surface area is 171 Å². The van der Waals surface area contributed by atoms with Crippen LogP contribution in [-0.4, -0.2) is 41.0 Å². The normalized spacial score (nSPS) is 11.1. The summed E-state index contributed by atoms with van der Waals surface area (Å²) in [6.07, 6.45) is 0. The number of hydrogen-bond donors (Lipinski definition) is 2. The van der Waals surface area contributed by atoms with E-state index in [4.69, 9.17) is 9.47 Å². The highest BCUT2D eigenvalue weighted by molar-refractivity contribution is 6.00. The lowest BCUT2D eigenvalue weighted by Gasteiger charge is -2.08. The fraction of sp³-hybridized carbons (Fsp3) is 0.150. The molecule has 0 aliphatic rings. The minimum atomic E-state index is -0.484. The molecule has 1 amide bonds. The number of ether oxygens (including phenoxy) is 2. The van der Waals surface area contributed by atoms with Gasteiger partial charge in [-0.05, 0) is 42.8 Å². The second kappa shape index (κ2) is 8.86. The topological polar surface area (TPSA) is 132 Å². The van der Waals surface area contributed by atoms with Crippen LogP contribution in [0.5, 0.6) is 11.5 Å². The molecular formula is C20H19N5O5. The van der Waals surface area contributed by atoms with Crippen LogP contribution in [0.1, 0.15) is 23.0 Å². The number of aromatic amines is 1. The van der Waals surface area contributed by atoms with Gasteiger partial charge >= 0.3 is 0 Å². The van der Waals surface area contributed by atoms with Crippen molar-refractivity contribution < 1.29 is 19.2 Å². The number of non-ortho nitro benzene ring substituents is 1. The van der Waals surface area contributed by atoms with Crippen LogP contribution >= 0.6 is 0 Å². The number of H-pyrrole nitrogens is 1. The van der Waals surface area contributed by atoms with E-state index < -0.39 is 10.8 Å². The first-order valence-corrected chi connectivity index (χ1v) is 8.80. The smallest absolute Gasteiger partial charge is 0.289 e. The number of carbonyl (C=O) groups is 1. The number of hydrazone groups is 1. The summed E-state index contributed by atoms with van der Waals surface area (Å²) in [6.45, 7) is 1.68. The summed E-state index contributed by atoms with van der Waals surface area (Å²) in [6, 6.07) is 12.7. The Morgan fingerprint density at radius 1 is 1.13 bits per heavy atom. The SMILES string of the molecule is COc1ccc(-c2cc(C(=O)NN=C(C)c3ccc([N+](=O)[O-])cc3)[nH]n2)c(OC)c1. The number of nitrogens with one attached hydrogen (secondary N) is 2. The van der Waals surface area contributed by atoms with Crippen molar-refractivity contribution in [1.82, 2.24) is 15.6 Å². The Kier molecular flexibility index (Phi) is 6.06. The van der Waals surface area contributed by atoms with Crippen LogP contribution < -0.4 is 14.9 Å². The molecule has 1 aromatic heterocycles. The van der Waals surface area contributed by atoms with Gasteiger partial charge in [0.1, 0.15) is 17.2 Å². The van der Waals surface area contributed by atoms with E-state index in [1.807, 2.05) is 0 Å². The maximum Gasteiger partial charge on any atom is 0.289 e. The van der Waals surface area contributed by atoms with Gasteiger partial charge in [0.25, 0.3) is 11.6 Å². The number of hydrogen-bond acceptors (Lipinski definition) is 7. The molecular weight excluding hydrogens is 390 g/mol. The van der Waals surface area contributed by atoms with Crippen LogP contribution in [0.2, 0.25) is 0 Å². The molecule has 0 aliphatic heterocycles. The number of amides is 1. The van der Waals surface area contributed by atoms with Gasteiger partial charge in [-0.15, -0.1) is 0 Å². The van der Waals surface area contributed by atoms with E-state index in [0.717, 1.165) is 0 Å². The molecule has 3 rings (SSSR count). The molecule has 0 aliphatic carbocycles. The Hall–Kier alpha value is -4.21. The van der Waals surface area contributed by atoms with Gasteiger partial charge in [0.15, 0.2) is 0 Å². The number of methoxy groups -OCH3 is 2. The van der Waals surface area contributed by atoms with E-state index >= 15 is 0 Å². The summed E-state index contributed by atoms with van der Waals surface area (Å²) in [4.78, 5) is 22.6. The third-order valence-electron chi connectivity index (χ3n) is 4.33. The van der Waals surface area contributed by atoms with Crippen LogP contribution in [0.15, 0.2) is 53.6 Å². The average molecular weight is 409 g/mol. The molecule has 1 heterocycles.